The zero-order valence-corrected chi connectivity index (χ0v) is 9.45. The van der Waals surface area contributed by atoms with Gasteiger partial charge >= 0.3 is 0 Å². The first-order valence-corrected chi connectivity index (χ1v) is 4.93. The van der Waals surface area contributed by atoms with E-state index >= 15 is 0 Å². The highest BCUT2D eigenvalue weighted by atomic mass is 16.1. The first-order chi connectivity index (χ1) is 7.50. The fourth-order valence-corrected chi connectivity index (χ4v) is 1.40. The van der Waals surface area contributed by atoms with Crippen LogP contribution in [0.4, 0.5) is 0 Å². The molecule has 2 rings (SSSR count). The van der Waals surface area contributed by atoms with Gasteiger partial charge in [0, 0.05) is 17.9 Å². The third kappa shape index (κ3) is 1.73. The van der Waals surface area contributed by atoms with Crippen LogP contribution >= 0.6 is 0 Å². The Morgan fingerprint density at radius 3 is 2.62 bits per heavy atom. The van der Waals surface area contributed by atoms with Gasteiger partial charge in [-0.3, -0.25) is 4.79 Å². The molecule has 16 heavy (non-hydrogen) atoms. The number of rotatable bonds is 1. The highest BCUT2D eigenvalue weighted by Crippen LogP contribution is 2.10. The van der Waals surface area contributed by atoms with Crippen LogP contribution in [0, 0.1) is 0 Å². The molecule has 84 valence electrons. The summed E-state index contributed by atoms with van der Waals surface area (Å²) in [5.41, 5.74) is -0.462. The minimum Gasteiger partial charge on any atom is -0.305 e. The fourth-order valence-electron chi connectivity index (χ4n) is 1.40. The fraction of sp³-hybridized carbons (Fsp3) is 0.400. The Kier molecular flexibility index (Phi) is 2.34. The van der Waals surface area contributed by atoms with E-state index in [2.05, 4.69) is 15.1 Å². The Balaban J connectivity index is 2.63. The Morgan fingerprint density at radius 1 is 1.31 bits per heavy atom. The van der Waals surface area contributed by atoms with Crippen molar-refractivity contribution in [2.24, 2.45) is 0 Å². The Hall–Kier alpha value is -1.98. The zero-order valence-electron chi connectivity index (χ0n) is 9.45. The van der Waals surface area contributed by atoms with E-state index in [0.29, 0.717) is 0 Å². The van der Waals surface area contributed by atoms with Crippen molar-refractivity contribution in [1.29, 1.82) is 0 Å². The summed E-state index contributed by atoms with van der Waals surface area (Å²) in [4.78, 5) is 19.9. The molecule has 0 aliphatic rings. The predicted molar refractivity (Wildman–Crippen MR) is 58.4 cm³/mol. The molecule has 0 unspecified atom stereocenters. The van der Waals surface area contributed by atoms with Crippen molar-refractivity contribution in [3.63, 3.8) is 0 Å². The maximum atomic E-state index is 12.1. The lowest BCUT2D eigenvalue weighted by Gasteiger charge is -2.22. The van der Waals surface area contributed by atoms with Crippen molar-refractivity contribution >= 4 is 0 Å². The van der Waals surface area contributed by atoms with E-state index in [0.717, 1.165) is 0 Å². The van der Waals surface area contributed by atoms with Crippen LogP contribution in [0.25, 0.3) is 5.82 Å². The van der Waals surface area contributed by atoms with Gasteiger partial charge in [-0.1, -0.05) is 0 Å². The van der Waals surface area contributed by atoms with E-state index in [1.807, 2.05) is 20.8 Å². The first-order valence-electron chi connectivity index (χ1n) is 4.93. The Bertz CT molecular complexity index is 535. The van der Waals surface area contributed by atoms with Gasteiger partial charge in [-0.05, 0) is 20.8 Å². The molecule has 0 fully saturated rings. The zero-order chi connectivity index (χ0) is 11.8. The van der Waals surface area contributed by atoms with Crippen molar-refractivity contribution < 1.29 is 0 Å². The molecule has 0 amide bonds. The monoisotopic (exact) mass is 219 g/mol. The smallest absolute Gasteiger partial charge is 0.296 e. The third-order valence-electron chi connectivity index (χ3n) is 2.18. The largest absolute Gasteiger partial charge is 0.305 e. The lowest BCUT2D eigenvalue weighted by atomic mass is 10.1. The van der Waals surface area contributed by atoms with Crippen molar-refractivity contribution in [3.05, 3.63) is 35.4 Å². The SMILES string of the molecule is CC(C)(C)n1ccnc(-n2cncn2)c1=O. The number of nitrogens with zero attached hydrogens (tertiary/aromatic N) is 5. The summed E-state index contributed by atoms with van der Waals surface area (Å²) in [5, 5.41) is 3.90. The summed E-state index contributed by atoms with van der Waals surface area (Å²) in [6.07, 6.45) is 6.08. The van der Waals surface area contributed by atoms with Gasteiger partial charge in [0.1, 0.15) is 12.7 Å². The third-order valence-corrected chi connectivity index (χ3v) is 2.18. The Morgan fingerprint density at radius 2 is 2.06 bits per heavy atom. The molecule has 0 radical (unpaired) electrons. The molecular weight excluding hydrogens is 206 g/mol. The first kappa shape index (κ1) is 10.5. The van der Waals surface area contributed by atoms with Gasteiger partial charge in [-0.25, -0.2) is 9.97 Å². The van der Waals surface area contributed by atoms with Gasteiger partial charge < -0.3 is 4.57 Å². The lowest BCUT2D eigenvalue weighted by Crippen LogP contribution is -2.35. The van der Waals surface area contributed by atoms with E-state index in [4.69, 9.17) is 0 Å². The molecule has 0 aromatic carbocycles. The van der Waals surface area contributed by atoms with Gasteiger partial charge in [0.25, 0.3) is 5.56 Å². The van der Waals surface area contributed by atoms with Crippen LogP contribution in [0.3, 0.4) is 0 Å². The minimum atomic E-state index is -0.282. The molecule has 0 atom stereocenters. The van der Waals surface area contributed by atoms with Crippen LogP contribution < -0.4 is 5.56 Å². The molecule has 0 aliphatic heterocycles. The normalized spacial score (nSPS) is 11.7. The predicted octanol–water partition coefficient (Wildman–Crippen LogP) is 0.579. The quantitative estimate of drug-likeness (QED) is 0.703. The molecule has 2 aromatic rings. The molecule has 0 spiro atoms. The number of aromatic nitrogens is 5. The summed E-state index contributed by atoms with van der Waals surface area (Å²) in [5.74, 6) is 0.259. The summed E-state index contributed by atoms with van der Waals surface area (Å²) in [6, 6.07) is 0. The van der Waals surface area contributed by atoms with Crippen LogP contribution in [0.15, 0.2) is 29.8 Å². The van der Waals surface area contributed by atoms with Crippen molar-refractivity contribution in [1.82, 2.24) is 24.3 Å². The second kappa shape index (κ2) is 3.55. The second-order valence-electron chi connectivity index (χ2n) is 4.44. The van der Waals surface area contributed by atoms with Crippen LogP contribution in [0.2, 0.25) is 0 Å². The molecule has 6 heteroatoms. The summed E-state index contributed by atoms with van der Waals surface area (Å²) >= 11 is 0. The molecule has 2 aromatic heterocycles. The highest BCUT2D eigenvalue weighted by molar-refractivity contribution is 5.15. The molecule has 0 saturated carbocycles. The van der Waals surface area contributed by atoms with Crippen LogP contribution in [-0.4, -0.2) is 24.3 Å². The van der Waals surface area contributed by atoms with Gasteiger partial charge in [-0.2, -0.15) is 9.78 Å². The van der Waals surface area contributed by atoms with Gasteiger partial charge in [-0.15, -0.1) is 0 Å². The van der Waals surface area contributed by atoms with Crippen molar-refractivity contribution in [2.75, 3.05) is 0 Å². The number of hydrogen-bond acceptors (Lipinski definition) is 4. The topological polar surface area (TPSA) is 65.6 Å². The maximum absolute atomic E-state index is 12.1. The highest BCUT2D eigenvalue weighted by Gasteiger charge is 2.17. The maximum Gasteiger partial charge on any atom is 0.296 e. The van der Waals surface area contributed by atoms with Crippen LogP contribution in [-0.2, 0) is 5.54 Å². The van der Waals surface area contributed by atoms with E-state index in [1.165, 1.54) is 17.3 Å². The van der Waals surface area contributed by atoms with Gasteiger partial charge in [0.15, 0.2) is 0 Å². The molecule has 0 aliphatic carbocycles. The molecular formula is C10H13N5O. The molecule has 6 nitrogen and oxygen atoms in total. The van der Waals surface area contributed by atoms with Crippen molar-refractivity contribution in [3.8, 4) is 5.82 Å². The average Bonchev–Trinajstić information content (AvgIpc) is 2.69. The van der Waals surface area contributed by atoms with Gasteiger partial charge in [0.2, 0.25) is 5.82 Å². The minimum absolute atomic E-state index is 0.180. The summed E-state index contributed by atoms with van der Waals surface area (Å²) in [7, 11) is 0. The number of hydrogen-bond donors (Lipinski definition) is 0. The van der Waals surface area contributed by atoms with Crippen LogP contribution in [0.1, 0.15) is 20.8 Å². The van der Waals surface area contributed by atoms with E-state index in [-0.39, 0.29) is 16.9 Å². The summed E-state index contributed by atoms with van der Waals surface area (Å²) < 4.78 is 2.99. The van der Waals surface area contributed by atoms with Crippen molar-refractivity contribution in [2.45, 2.75) is 26.3 Å². The summed E-state index contributed by atoms with van der Waals surface area (Å²) in [6.45, 7) is 5.87. The molecule has 0 bridgehead atoms. The van der Waals surface area contributed by atoms with E-state index < -0.39 is 0 Å². The van der Waals surface area contributed by atoms with E-state index in [9.17, 15) is 4.79 Å². The molecule has 0 N–H and O–H groups in total. The van der Waals surface area contributed by atoms with E-state index in [1.54, 1.807) is 17.0 Å². The average molecular weight is 219 g/mol. The molecule has 0 saturated heterocycles. The van der Waals surface area contributed by atoms with Crippen LogP contribution in [0.5, 0.6) is 0 Å². The lowest BCUT2D eigenvalue weighted by molar-refractivity contribution is 0.381. The Labute approximate surface area is 92.6 Å². The standard InChI is InChI=1S/C10H13N5O/c1-10(2,3)14-5-4-12-8(9(14)16)15-7-11-6-13-15/h4-7H,1-3H3. The molecule has 2 heterocycles. The second-order valence-corrected chi connectivity index (χ2v) is 4.44. The van der Waals surface area contributed by atoms with Gasteiger partial charge in [0.05, 0.1) is 0 Å².